The van der Waals surface area contributed by atoms with Gasteiger partial charge in [0.15, 0.2) is 0 Å². The van der Waals surface area contributed by atoms with Crippen molar-refractivity contribution >= 4 is 33.9 Å². The number of benzene rings is 2. The molecule has 0 bridgehead atoms. The minimum atomic E-state index is -0.126. The molecule has 1 fully saturated rings. The monoisotopic (exact) mass is 460 g/mol. The molecule has 6 heteroatoms. The third-order valence-corrected chi connectivity index (χ3v) is 7.32. The Hall–Kier alpha value is -3.09. The van der Waals surface area contributed by atoms with Crippen LogP contribution in [0.4, 0.5) is 5.69 Å². The van der Waals surface area contributed by atoms with Crippen LogP contribution >= 0.6 is 11.3 Å². The number of carbonyl (C=O) groups excluding carboxylic acids is 1. The first-order chi connectivity index (χ1) is 16.1. The molecule has 5 nitrogen and oxygen atoms in total. The molecule has 0 radical (unpaired) electrons. The van der Waals surface area contributed by atoms with E-state index in [0.29, 0.717) is 10.8 Å². The predicted molar refractivity (Wildman–Crippen MR) is 133 cm³/mol. The lowest BCUT2D eigenvalue weighted by Crippen LogP contribution is -2.37. The van der Waals surface area contributed by atoms with Crippen molar-refractivity contribution in [3.63, 3.8) is 0 Å². The van der Waals surface area contributed by atoms with Gasteiger partial charge in [-0.3, -0.25) is 9.69 Å². The first-order valence-corrected chi connectivity index (χ1v) is 12.3. The van der Waals surface area contributed by atoms with Crippen LogP contribution in [0.15, 0.2) is 70.5 Å². The first-order valence-electron chi connectivity index (χ1n) is 11.4. The summed E-state index contributed by atoms with van der Waals surface area (Å²) in [6, 6.07) is 19.7. The summed E-state index contributed by atoms with van der Waals surface area (Å²) in [5, 5.41) is 6.01. The number of para-hydroxylation sites is 1. The van der Waals surface area contributed by atoms with Crippen molar-refractivity contribution in [1.82, 2.24) is 4.90 Å². The van der Waals surface area contributed by atoms with Gasteiger partial charge in [-0.2, -0.15) is 0 Å². The van der Waals surface area contributed by atoms with Crippen LogP contribution < -0.4 is 10.1 Å². The molecule has 2 aromatic carbocycles. The van der Waals surface area contributed by atoms with Crippen molar-refractivity contribution in [2.45, 2.75) is 25.8 Å². The van der Waals surface area contributed by atoms with E-state index >= 15 is 0 Å². The van der Waals surface area contributed by atoms with Crippen LogP contribution in [-0.4, -0.2) is 31.0 Å². The summed E-state index contributed by atoms with van der Waals surface area (Å²) in [6.45, 7) is 4.25. The highest BCUT2D eigenvalue weighted by molar-refractivity contribution is 7.12. The topological polar surface area (TPSA) is 54.7 Å². The fraction of sp³-hybridized carbons (Fsp3) is 0.296. The molecule has 33 heavy (non-hydrogen) atoms. The first kappa shape index (κ1) is 21.7. The molecule has 0 saturated carbocycles. The van der Waals surface area contributed by atoms with Crippen LogP contribution in [0, 0.1) is 5.92 Å². The molecule has 1 amide bonds. The van der Waals surface area contributed by atoms with E-state index in [9.17, 15) is 4.79 Å². The number of hydrogen-bond donors (Lipinski definition) is 1. The smallest absolute Gasteiger partial charge is 0.265 e. The molecule has 0 unspecified atom stereocenters. The number of carbonyl (C=O) groups is 1. The van der Waals surface area contributed by atoms with Gasteiger partial charge in [0.05, 0.1) is 23.7 Å². The van der Waals surface area contributed by atoms with Gasteiger partial charge in [0.1, 0.15) is 17.1 Å². The van der Waals surface area contributed by atoms with Crippen molar-refractivity contribution < 1.29 is 13.9 Å². The summed E-state index contributed by atoms with van der Waals surface area (Å²) >= 11 is 1.43. The summed E-state index contributed by atoms with van der Waals surface area (Å²) in [5.41, 5.74) is 2.61. The normalized spacial score (nSPS) is 16.1. The van der Waals surface area contributed by atoms with Gasteiger partial charge in [-0.15, -0.1) is 11.3 Å². The van der Waals surface area contributed by atoms with Crippen LogP contribution in [0.1, 0.15) is 46.8 Å². The van der Waals surface area contributed by atoms with Crippen molar-refractivity contribution in [3.05, 3.63) is 82.2 Å². The third-order valence-electron chi connectivity index (χ3n) is 6.45. The lowest BCUT2D eigenvalue weighted by Gasteiger charge is -2.36. The van der Waals surface area contributed by atoms with E-state index in [2.05, 4.69) is 29.3 Å². The minimum Gasteiger partial charge on any atom is -0.497 e. The molecular formula is C27H28N2O3S. The summed E-state index contributed by atoms with van der Waals surface area (Å²) < 4.78 is 12.0. The van der Waals surface area contributed by atoms with Gasteiger partial charge in [0, 0.05) is 5.39 Å². The lowest BCUT2D eigenvalue weighted by molar-refractivity contribution is 0.102. The fourth-order valence-electron chi connectivity index (χ4n) is 4.60. The number of methoxy groups -OCH3 is 1. The number of piperidine rings is 1. The Labute approximate surface area is 198 Å². The van der Waals surface area contributed by atoms with E-state index < -0.39 is 0 Å². The SMILES string of the molecule is COc1cccc([C@@H](c2oc3ccccc3c2NC(=O)c2cccs2)N2CCC(C)CC2)c1. The highest BCUT2D eigenvalue weighted by Crippen LogP contribution is 2.42. The summed E-state index contributed by atoms with van der Waals surface area (Å²) in [7, 11) is 1.69. The summed E-state index contributed by atoms with van der Waals surface area (Å²) in [6.07, 6.45) is 2.27. The summed E-state index contributed by atoms with van der Waals surface area (Å²) in [4.78, 5) is 16.2. The van der Waals surface area contributed by atoms with Crippen LogP contribution in [0.5, 0.6) is 5.75 Å². The number of ether oxygens (including phenoxy) is 1. The zero-order chi connectivity index (χ0) is 22.8. The maximum absolute atomic E-state index is 13.1. The zero-order valence-electron chi connectivity index (χ0n) is 18.9. The second-order valence-electron chi connectivity index (χ2n) is 8.67. The maximum atomic E-state index is 13.1. The van der Waals surface area contributed by atoms with Gasteiger partial charge in [-0.25, -0.2) is 0 Å². The third kappa shape index (κ3) is 4.41. The van der Waals surface area contributed by atoms with Crippen LogP contribution in [0.3, 0.4) is 0 Å². The number of furan rings is 1. The number of thiophene rings is 1. The number of hydrogen-bond acceptors (Lipinski definition) is 5. The van der Waals surface area contributed by atoms with Crippen LogP contribution in [-0.2, 0) is 0 Å². The average molecular weight is 461 g/mol. The molecule has 1 saturated heterocycles. The van der Waals surface area contributed by atoms with E-state index in [0.717, 1.165) is 59.7 Å². The highest BCUT2D eigenvalue weighted by atomic mass is 32.1. The summed E-state index contributed by atoms with van der Waals surface area (Å²) in [5.74, 6) is 2.17. The Kier molecular flexibility index (Phi) is 6.20. The van der Waals surface area contributed by atoms with Gasteiger partial charge in [-0.1, -0.05) is 37.3 Å². The fourth-order valence-corrected chi connectivity index (χ4v) is 5.21. The molecule has 5 rings (SSSR count). The van der Waals surface area contributed by atoms with Gasteiger partial charge in [0.2, 0.25) is 0 Å². The average Bonchev–Trinajstić information content (AvgIpc) is 3.50. The molecule has 2 aromatic heterocycles. The molecule has 4 aromatic rings. The molecule has 1 N–H and O–H groups in total. The molecule has 0 spiro atoms. The molecule has 170 valence electrons. The van der Waals surface area contributed by atoms with Gasteiger partial charge >= 0.3 is 0 Å². The van der Waals surface area contributed by atoms with E-state index in [1.165, 1.54) is 11.3 Å². The largest absolute Gasteiger partial charge is 0.497 e. The second kappa shape index (κ2) is 9.41. The molecule has 0 aliphatic carbocycles. The molecule has 1 aliphatic rings. The minimum absolute atomic E-state index is 0.116. The molecule has 1 atom stereocenters. The Morgan fingerprint density at radius 1 is 1.12 bits per heavy atom. The maximum Gasteiger partial charge on any atom is 0.265 e. The van der Waals surface area contributed by atoms with E-state index in [4.69, 9.17) is 9.15 Å². The van der Waals surface area contributed by atoms with Crippen LogP contribution in [0.2, 0.25) is 0 Å². The highest BCUT2D eigenvalue weighted by Gasteiger charge is 2.32. The van der Waals surface area contributed by atoms with E-state index in [1.807, 2.05) is 53.9 Å². The Bertz CT molecular complexity index is 1240. The zero-order valence-corrected chi connectivity index (χ0v) is 19.7. The number of nitrogens with one attached hydrogen (secondary N) is 1. The standard InChI is InChI=1S/C27H28N2O3S/c1-18-12-14-29(15-13-18)25(19-7-5-8-20(17-19)31-2)26-24(21-9-3-4-10-22(21)32-26)28-27(30)23-11-6-16-33-23/h3-11,16-18,25H,12-15H2,1-2H3,(H,28,30)/t25-/m0/s1. The van der Waals surface area contributed by atoms with Gasteiger partial charge < -0.3 is 14.5 Å². The van der Waals surface area contributed by atoms with Gasteiger partial charge in [-0.05, 0) is 73.1 Å². The van der Waals surface area contributed by atoms with Crippen LogP contribution in [0.25, 0.3) is 11.0 Å². The lowest BCUT2D eigenvalue weighted by atomic mass is 9.94. The van der Waals surface area contributed by atoms with Crippen molar-refractivity contribution in [3.8, 4) is 5.75 Å². The quantitative estimate of drug-likeness (QED) is 0.353. The number of anilines is 1. The predicted octanol–water partition coefficient (Wildman–Crippen LogP) is 6.58. The van der Waals surface area contributed by atoms with E-state index in [-0.39, 0.29) is 11.9 Å². The Morgan fingerprint density at radius 2 is 1.94 bits per heavy atom. The molecule has 3 heterocycles. The van der Waals surface area contributed by atoms with Crippen molar-refractivity contribution in [1.29, 1.82) is 0 Å². The number of likely N-dealkylation sites (tertiary alicyclic amines) is 1. The number of nitrogens with zero attached hydrogens (tertiary/aromatic N) is 1. The number of amides is 1. The Morgan fingerprint density at radius 3 is 2.70 bits per heavy atom. The second-order valence-corrected chi connectivity index (χ2v) is 9.61. The molecular weight excluding hydrogens is 432 g/mol. The van der Waals surface area contributed by atoms with E-state index in [1.54, 1.807) is 7.11 Å². The van der Waals surface area contributed by atoms with Gasteiger partial charge in [0.25, 0.3) is 5.91 Å². The number of fused-ring (bicyclic) bond motifs is 1. The number of rotatable bonds is 6. The van der Waals surface area contributed by atoms with Crippen molar-refractivity contribution in [2.24, 2.45) is 5.92 Å². The molecule has 1 aliphatic heterocycles. The Balaban J connectivity index is 1.64. The van der Waals surface area contributed by atoms with Crippen molar-refractivity contribution in [2.75, 3.05) is 25.5 Å².